The molecular formula is C26H22F6N4O2. The number of carbonyl (C=O) groups excluding carboxylic acids is 2. The standard InChI is InChI=1S/C26H22F6N4O2/c27-25(28,29)18-7-5-17(6-8-18)15-34-23(37)22-10-9-19(16-33-22)35-11-13-36(14-12-35)24(38)20-3-1-2-4-21(20)26(30,31)32/h1-10,16H,11-15H2,(H,34,37). The maximum absolute atomic E-state index is 13.3. The number of anilines is 1. The van der Waals surface area contributed by atoms with Crippen molar-refractivity contribution in [3.8, 4) is 0 Å². The number of hydrogen-bond donors (Lipinski definition) is 1. The third-order valence-electron chi connectivity index (χ3n) is 6.11. The first-order chi connectivity index (χ1) is 17.9. The van der Waals surface area contributed by atoms with Gasteiger partial charge in [-0.1, -0.05) is 24.3 Å². The van der Waals surface area contributed by atoms with Gasteiger partial charge in [-0.2, -0.15) is 26.3 Å². The van der Waals surface area contributed by atoms with Crippen LogP contribution < -0.4 is 10.2 Å². The minimum absolute atomic E-state index is 0.0217. The zero-order chi connectivity index (χ0) is 27.5. The molecule has 1 saturated heterocycles. The second-order valence-corrected chi connectivity index (χ2v) is 8.60. The Hall–Kier alpha value is -4.09. The normalized spacial score (nSPS) is 14.4. The molecule has 1 aliphatic heterocycles. The van der Waals surface area contributed by atoms with Gasteiger partial charge in [-0.15, -0.1) is 0 Å². The number of halogens is 6. The Morgan fingerprint density at radius 2 is 1.47 bits per heavy atom. The predicted octanol–water partition coefficient (Wildman–Crippen LogP) is 5.01. The zero-order valence-electron chi connectivity index (χ0n) is 19.8. The van der Waals surface area contributed by atoms with Crippen molar-refractivity contribution in [2.45, 2.75) is 18.9 Å². The van der Waals surface area contributed by atoms with E-state index in [1.807, 2.05) is 4.90 Å². The molecular weight excluding hydrogens is 514 g/mol. The summed E-state index contributed by atoms with van der Waals surface area (Å²) in [6.45, 7) is 1.16. The molecule has 2 aromatic carbocycles. The van der Waals surface area contributed by atoms with Gasteiger partial charge in [0.1, 0.15) is 5.69 Å². The average molecular weight is 536 g/mol. The molecule has 3 aromatic rings. The fourth-order valence-electron chi connectivity index (χ4n) is 4.05. The van der Waals surface area contributed by atoms with E-state index in [9.17, 15) is 35.9 Å². The first-order valence-electron chi connectivity index (χ1n) is 11.5. The van der Waals surface area contributed by atoms with E-state index in [1.165, 1.54) is 47.5 Å². The molecule has 0 bridgehead atoms. The van der Waals surface area contributed by atoms with Crippen molar-refractivity contribution in [2.24, 2.45) is 0 Å². The van der Waals surface area contributed by atoms with E-state index >= 15 is 0 Å². The smallest absolute Gasteiger partial charge is 0.367 e. The van der Waals surface area contributed by atoms with E-state index in [0.29, 0.717) is 24.3 Å². The van der Waals surface area contributed by atoms with Crippen molar-refractivity contribution in [1.82, 2.24) is 15.2 Å². The van der Waals surface area contributed by atoms with Gasteiger partial charge in [0.2, 0.25) is 0 Å². The van der Waals surface area contributed by atoms with Crippen LogP contribution in [0.15, 0.2) is 66.9 Å². The lowest BCUT2D eigenvalue weighted by Crippen LogP contribution is -2.49. The second kappa shape index (κ2) is 10.7. The number of aromatic nitrogens is 1. The van der Waals surface area contributed by atoms with Crippen LogP contribution >= 0.6 is 0 Å². The summed E-state index contributed by atoms with van der Waals surface area (Å²) < 4.78 is 77.8. The summed E-state index contributed by atoms with van der Waals surface area (Å²) in [5.74, 6) is -1.19. The number of benzene rings is 2. The van der Waals surface area contributed by atoms with Crippen molar-refractivity contribution < 1.29 is 35.9 Å². The SMILES string of the molecule is O=C(NCc1ccc(C(F)(F)F)cc1)c1ccc(N2CCN(C(=O)c3ccccc3C(F)(F)F)CC2)cn1. The van der Waals surface area contributed by atoms with Gasteiger partial charge >= 0.3 is 12.4 Å². The van der Waals surface area contributed by atoms with Crippen LogP contribution in [0.3, 0.4) is 0 Å². The lowest BCUT2D eigenvalue weighted by Gasteiger charge is -2.36. The summed E-state index contributed by atoms with van der Waals surface area (Å²) in [5, 5.41) is 2.60. The first kappa shape index (κ1) is 27.0. The summed E-state index contributed by atoms with van der Waals surface area (Å²) in [6.07, 6.45) is -7.59. The number of amides is 2. The summed E-state index contributed by atoms with van der Waals surface area (Å²) in [4.78, 5) is 32.6. The minimum Gasteiger partial charge on any atom is -0.367 e. The van der Waals surface area contributed by atoms with Crippen LogP contribution in [0.1, 0.15) is 37.5 Å². The lowest BCUT2D eigenvalue weighted by atomic mass is 10.1. The van der Waals surface area contributed by atoms with E-state index in [1.54, 1.807) is 6.07 Å². The Morgan fingerprint density at radius 1 is 0.816 bits per heavy atom. The molecule has 0 aliphatic carbocycles. The predicted molar refractivity (Wildman–Crippen MR) is 126 cm³/mol. The number of nitrogens with zero attached hydrogens (tertiary/aromatic N) is 3. The minimum atomic E-state index is -4.63. The molecule has 1 aliphatic rings. The Bertz CT molecular complexity index is 1280. The number of piperazine rings is 1. The molecule has 1 aromatic heterocycles. The van der Waals surface area contributed by atoms with Crippen LogP contribution in [0.4, 0.5) is 32.0 Å². The molecule has 6 nitrogen and oxygen atoms in total. The molecule has 38 heavy (non-hydrogen) atoms. The monoisotopic (exact) mass is 536 g/mol. The topological polar surface area (TPSA) is 65.5 Å². The Labute approximate surface area is 213 Å². The molecule has 1 N–H and O–H groups in total. The van der Waals surface area contributed by atoms with Crippen molar-refractivity contribution in [1.29, 1.82) is 0 Å². The number of carbonyl (C=O) groups is 2. The van der Waals surface area contributed by atoms with E-state index in [2.05, 4.69) is 10.3 Å². The third kappa shape index (κ3) is 6.24. The van der Waals surface area contributed by atoms with Gasteiger partial charge in [-0.3, -0.25) is 9.59 Å². The molecule has 2 heterocycles. The third-order valence-corrected chi connectivity index (χ3v) is 6.11. The van der Waals surface area contributed by atoms with Gasteiger partial charge in [-0.05, 0) is 42.0 Å². The Balaban J connectivity index is 1.31. The van der Waals surface area contributed by atoms with Gasteiger partial charge in [0, 0.05) is 32.7 Å². The lowest BCUT2D eigenvalue weighted by molar-refractivity contribution is -0.138. The average Bonchev–Trinajstić information content (AvgIpc) is 2.91. The molecule has 0 saturated carbocycles. The van der Waals surface area contributed by atoms with Gasteiger partial charge in [0.25, 0.3) is 11.8 Å². The van der Waals surface area contributed by atoms with Crippen LogP contribution in [0, 0.1) is 0 Å². The fraction of sp³-hybridized carbons (Fsp3) is 0.269. The van der Waals surface area contributed by atoms with E-state index in [-0.39, 0.29) is 30.9 Å². The van der Waals surface area contributed by atoms with Crippen LogP contribution in [0.5, 0.6) is 0 Å². The van der Waals surface area contributed by atoms with Crippen molar-refractivity contribution in [3.05, 3.63) is 94.8 Å². The molecule has 0 atom stereocenters. The first-order valence-corrected chi connectivity index (χ1v) is 11.5. The summed E-state index contributed by atoms with van der Waals surface area (Å²) >= 11 is 0. The molecule has 4 rings (SSSR count). The fourth-order valence-corrected chi connectivity index (χ4v) is 4.05. The molecule has 0 unspecified atom stereocenters. The quantitative estimate of drug-likeness (QED) is 0.466. The van der Waals surface area contributed by atoms with E-state index in [0.717, 1.165) is 18.2 Å². The van der Waals surface area contributed by atoms with Gasteiger partial charge in [0.05, 0.1) is 28.6 Å². The number of nitrogens with one attached hydrogen (secondary N) is 1. The second-order valence-electron chi connectivity index (χ2n) is 8.60. The van der Waals surface area contributed by atoms with Crippen molar-refractivity contribution in [3.63, 3.8) is 0 Å². The highest BCUT2D eigenvalue weighted by Gasteiger charge is 2.36. The van der Waals surface area contributed by atoms with Gasteiger partial charge in [0.15, 0.2) is 0 Å². The highest BCUT2D eigenvalue weighted by molar-refractivity contribution is 5.96. The maximum atomic E-state index is 13.3. The molecule has 1 fully saturated rings. The number of hydrogen-bond acceptors (Lipinski definition) is 4. The number of alkyl halides is 6. The molecule has 0 spiro atoms. The summed E-state index contributed by atoms with van der Waals surface area (Å²) in [7, 11) is 0. The van der Waals surface area contributed by atoms with Crippen LogP contribution in [0.2, 0.25) is 0 Å². The van der Waals surface area contributed by atoms with Crippen LogP contribution in [-0.4, -0.2) is 47.9 Å². The van der Waals surface area contributed by atoms with Gasteiger partial charge < -0.3 is 15.1 Å². The number of pyridine rings is 1. The zero-order valence-corrected chi connectivity index (χ0v) is 19.8. The van der Waals surface area contributed by atoms with Crippen LogP contribution in [-0.2, 0) is 18.9 Å². The number of rotatable bonds is 5. The maximum Gasteiger partial charge on any atom is 0.417 e. The molecule has 0 radical (unpaired) electrons. The largest absolute Gasteiger partial charge is 0.417 e. The highest BCUT2D eigenvalue weighted by atomic mass is 19.4. The molecule has 200 valence electrons. The molecule has 2 amide bonds. The van der Waals surface area contributed by atoms with Gasteiger partial charge in [-0.25, -0.2) is 4.98 Å². The van der Waals surface area contributed by atoms with Crippen LogP contribution in [0.25, 0.3) is 0 Å². The highest BCUT2D eigenvalue weighted by Crippen LogP contribution is 2.33. The summed E-state index contributed by atoms with van der Waals surface area (Å²) in [6, 6.07) is 12.3. The van der Waals surface area contributed by atoms with Crippen molar-refractivity contribution >= 4 is 17.5 Å². The Morgan fingerprint density at radius 3 is 2.05 bits per heavy atom. The summed E-state index contributed by atoms with van der Waals surface area (Å²) in [5.41, 5.74) is -0.856. The molecule has 12 heteroatoms. The van der Waals surface area contributed by atoms with E-state index in [4.69, 9.17) is 0 Å². The van der Waals surface area contributed by atoms with E-state index < -0.39 is 35.3 Å². The Kier molecular flexibility index (Phi) is 7.61. The van der Waals surface area contributed by atoms with Crippen molar-refractivity contribution in [2.75, 3.05) is 31.1 Å².